The molecule has 1 aliphatic carbocycles. The SMILES string of the molecule is CC[C@H](NC(=O)[C@@H](CS(=O)(=O)c1cccc2ccccc12)NS(C)(=O)=O)[C@H](O)CC1CCC(C)CC1C.[HH].[HH]. The first-order valence-electron chi connectivity index (χ1n) is 13.0. The normalized spacial score (nSPS) is 23.3. The van der Waals surface area contributed by atoms with Crippen molar-refractivity contribution in [1.82, 2.24) is 10.0 Å². The fourth-order valence-electron chi connectivity index (χ4n) is 5.50. The van der Waals surface area contributed by atoms with E-state index in [4.69, 9.17) is 0 Å². The molecular formula is C27H44N2O6S2. The van der Waals surface area contributed by atoms with Crippen LogP contribution in [-0.4, -0.2) is 58.0 Å². The molecule has 10 heteroatoms. The molecule has 1 saturated carbocycles. The maximum Gasteiger partial charge on any atom is 0.239 e. The first-order chi connectivity index (χ1) is 17.3. The Morgan fingerprint density at radius 2 is 1.76 bits per heavy atom. The van der Waals surface area contributed by atoms with Crippen molar-refractivity contribution in [3.63, 3.8) is 0 Å². The van der Waals surface area contributed by atoms with Crippen molar-refractivity contribution in [2.75, 3.05) is 12.0 Å². The van der Waals surface area contributed by atoms with E-state index in [1.54, 1.807) is 36.4 Å². The fourth-order valence-corrected chi connectivity index (χ4v) is 7.98. The van der Waals surface area contributed by atoms with Gasteiger partial charge in [-0.05, 0) is 54.9 Å². The Balaban J connectivity index is 0.00000380. The molecule has 3 rings (SSSR count). The number of aliphatic hydroxyl groups excluding tert-OH is 1. The largest absolute Gasteiger partial charge is 0.391 e. The van der Waals surface area contributed by atoms with Crippen LogP contribution in [0.2, 0.25) is 0 Å². The molecule has 0 radical (unpaired) electrons. The summed E-state index contributed by atoms with van der Waals surface area (Å²) < 4.78 is 53.1. The number of carbonyl (C=O) groups excluding carboxylic acids is 1. The van der Waals surface area contributed by atoms with E-state index >= 15 is 0 Å². The minimum atomic E-state index is -4.05. The van der Waals surface area contributed by atoms with Crippen molar-refractivity contribution in [3.8, 4) is 0 Å². The average Bonchev–Trinajstić information content (AvgIpc) is 2.82. The maximum atomic E-state index is 13.4. The predicted molar refractivity (Wildman–Crippen MR) is 151 cm³/mol. The lowest BCUT2D eigenvalue weighted by molar-refractivity contribution is -0.124. The molecule has 0 saturated heterocycles. The molecule has 2 aromatic rings. The third kappa shape index (κ3) is 7.99. The van der Waals surface area contributed by atoms with Gasteiger partial charge in [-0.2, -0.15) is 0 Å². The average molecular weight is 557 g/mol. The molecule has 0 aliphatic heterocycles. The standard InChI is InChI=1S/C27H40N2O6S2.2H2/c1-5-23(25(30)16-21-14-13-18(2)15-19(21)3)28-27(31)24(29-36(4,32)33)17-37(34,35)26-12-8-10-20-9-6-7-11-22(20)26;;/h6-12,18-19,21,23-25,29-30H,5,13-17H2,1-4H3,(H,28,31);2*1H/t18?,19?,21?,23-,24+,25+;;/m0../s1. The number of nitrogens with one attached hydrogen (secondary N) is 2. The Labute approximate surface area is 224 Å². The Kier molecular flexibility index (Phi) is 9.77. The second-order valence-corrected chi connectivity index (χ2v) is 14.5. The van der Waals surface area contributed by atoms with Crippen LogP contribution in [0.15, 0.2) is 47.4 Å². The zero-order chi connectivity index (χ0) is 27.4. The van der Waals surface area contributed by atoms with Gasteiger partial charge >= 0.3 is 0 Å². The molecule has 0 heterocycles. The minimum absolute atomic E-state index is 0. The van der Waals surface area contributed by atoms with Crippen molar-refractivity contribution >= 4 is 36.5 Å². The second kappa shape index (κ2) is 12.2. The summed E-state index contributed by atoms with van der Waals surface area (Å²) in [7, 11) is -7.95. The molecule has 210 valence electrons. The number of sulfonamides is 1. The first kappa shape index (κ1) is 29.5. The number of hydrogen-bond acceptors (Lipinski definition) is 6. The number of aliphatic hydroxyl groups is 1. The predicted octanol–water partition coefficient (Wildman–Crippen LogP) is 3.74. The first-order valence-corrected chi connectivity index (χ1v) is 16.5. The quantitative estimate of drug-likeness (QED) is 0.387. The summed E-state index contributed by atoms with van der Waals surface area (Å²) in [5.41, 5.74) is 0. The number of rotatable bonds is 11. The van der Waals surface area contributed by atoms with Crippen LogP contribution in [0.5, 0.6) is 0 Å². The molecule has 1 amide bonds. The summed E-state index contributed by atoms with van der Waals surface area (Å²) in [5.74, 6) is -0.0442. The van der Waals surface area contributed by atoms with Crippen LogP contribution in [0, 0.1) is 17.8 Å². The molecular weight excluding hydrogens is 512 g/mol. The second-order valence-electron chi connectivity index (χ2n) is 10.7. The molecule has 2 aromatic carbocycles. The lowest BCUT2D eigenvalue weighted by atomic mass is 9.73. The van der Waals surface area contributed by atoms with Gasteiger partial charge in [0.05, 0.1) is 29.0 Å². The molecule has 3 unspecified atom stereocenters. The topological polar surface area (TPSA) is 130 Å². The van der Waals surface area contributed by atoms with Gasteiger partial charge < -0.3 is 10.4 Å². The maximum absolute atomic E-state index is 13.4. The molecule has 1 fully saturated rings. The summed E-state index contributed by atoms with van der Waals surface area (Å²) in [6.45, 7) is 6.25. The number of amides is 1. The Bertz CT molecular complexity index is 1300. The van der Waals surface area contributed by atoms with Crippen LogP contribution in [0.1, 0.15) is 55.7 Å². The van der Waals surface area contributed by atoms with Gasteiger partial charge in [-0.1, -0.05) is 63.6 Å². The molecule has 0 spiro atoms. The van der Waals surface area contributed by atoms with Gasteiger partial charge in [0.15, 0.2) is 9.84 Å². The van der Waals surface area contributed by atoms with Gasteiger partial charge in [-0.3, -0.25) is 4.79 Å². The van der Waals surface area contributed by atoms with Crippen molar-refractivity contribution in [2.24, 2.45) is 17.8 Å². The van der Waals surface area contributed by atoms with E-state index < -0.39 is 49.7 Å². The highest BCUT2D eigenvalue weighted by molar-refractivity contribution is 7.92. The third-order valence-electron chi connectivity index (χ3n) is 7.53. The highest BCUT2D eigenvalue weighted by Gasteiger charge is 2.34. The lowest BCUT2D eigenvalue weighted by Crippen LogP contribution is -2.54. The Hall–Kier alpha value is -2.01. The summed E-state index contributed by atoms with van der Waals surface area (Å²) in [6.07, 6.45) is 4.26. The van der Waals surface area contributed by atoms with Gasteiger partial charge in [0, 0.05) is 8.24 Å². The molecule has 0 aromatic heterocycles. The molecule has 0 bridgehead atoms. The Morgan fingerprint density at radius 3 is 2.41 bits per heavy atom. The zero-order valence-corrected chi connectivity index (χ0v) is 23.7. The van der Waals surface area contributed by atoms with Crippen molar-refractivity contribution < 1.29 is 29.6 Å². The van der Waals surface area contributed by atoms with E-state index in [1.807, 2.05) is 6.92 Å². The van der Waals surface area contributed by atoms with Crippen LogP contribution in [0.4, 0.5) is 0 Å². The molecule has 3 N–H and O–H groups in total. The van der Waals surface area contributed by atoms with Crippen molar-refractivity contribution in [1.29, 1.82) is 0 Å². The van der Waals surface area contributed by atoms with Crippen molar-refractivity contribution in [2.45, 2.75) is 76.0 Å². The molecule has 1 aliphatic rings. The van der Waals surface area contributed by atoms with E-state index in [0.717, 1.165) is 30.9 Å². The summed E-state index contributed by atoms with van der Waals surface area (Å²) in [6, 6.07) is 9.67. The van der Waals surface area contributed by atoms with Crippen LogP contribution < -0.4 is 10.0 Å². The van der Waals surface area contributed by atoms with Gasteiger partial charge in [0.25, 0.3) is 0 Å². The van der Waals surface area contributed by atoms with Gasteiger partial charge in [-0.25, -0.2) is 21.6 Å². The summed E-state index contributed by atoms with van der Waals surface area (Å²) in [5, 5.41) is 14.9. The lowest BCUT2D eigenvalue weighted by Gasteiger charge is -2.35. The molecule has 8 nitrogen and oxygen atoms in total. The zero-order valence-electron chi connectivity index (χ0n) is 22.1. The van der Waals surface area contributed by atoms with E-state index in [2.05, 4.69) is 23.9 Å². The van der Waals surface area contributed by atoms with Gasteiger partial charge in [0.1, 0.15) is 6.04 Å². The molecule has 6 atom stereocenters. The van der Waals surface area contributed by atoms with Crippen molar-refractivity contribution in [3.05, 3.63) is 42.5 Å². The number of sulfone groups is 1. The minimum Gasteiger partial charge on any atom is -0.391 e. The smallest absolute Gasteiger partial charge is 0.239 e. The van der Waals surface area contributed by atoms with Crippen LogP contribution in [-0.2, 0) is 24.7 Å². The Morgan fingerprint density at radius 1 is 1.08 bits per heavy atom. The summed E-state index contributed by atoms with van der Waals surface area (Å²) in [4.78, 5) is 13.3. The molecule has 37 heavy (non-hydrogen) atoms. The van der Waals surface area contributed by atoms with Crippen LogP contribution in [0.3, 0.4) is 0 Å². The fraction of sp³-hybridized carbons (Fsp3) is 0.593. The number of hydrogen-bond donors (Lipinski definition) is 3. The monoisotopic (exact) mass is 556 g/mol. The van der Waals surface area contributed by atoms with Crippen LogP contribution in [0.25, 0.3) is 10.8 Å². The summed E-state index contributed by atoms with van der Waals surface area (Å²) >= 11 is 0. The number of benzene rings is 2. The van der Waals surface area contributed by atoms with E-state index in [9.17, 15) is 26.7 Å². The van der Waals surface area contributed by atoms with Gasteiger partial charge in [0.2, 0.25) is 15.9 Å². The van der Waals surface area contributed by atoms with Crippen LogP contribution >= 0.6 is 0 Å². The number of carbonyl (C=O) groups is 1. The van der Waals surface area contributed by atoms with E-state index in [0.29, 0.717) is 36.0 Å². The highest BCUT2D eigenvalue weighted by atomic mass is 32.2. The number of fused-ring (bicyclic) bond motifs is 1. The van der Waals surface area contributed by atoms with E-state index in [-0.39, 0.29) is 7.75 Å². The van der Waals surface area contributed by atoms with E-state index in [1.165, 1.54) is 6.07 Å². The highest BCUT2D eigenvalue weighted by Crippen LogP contribution is 2.36. The van der Waals surface area contributed by atoms with Gasteiger partial charge in [-0.15, -0.1) is 0 Å². The third-order valence-corrected chi connectivity index (χ3v) is 10.0.